The van der Waals surface area contributed by atoms with Gasteiger partial charge in [-0.3, -0.25) is 4.98 Å². The van der Waals surface area contributed by atoms with Gasteiger partial charge in [-0.1, -0.05) is 0 Å². The van der Waals surface area contributed by atoms with Crippen LogP contribution in [0.1, 0.15) is 22.7 Å². The highest BCUT2D eigenvalue weighted by Gasteiger charge is 2.24. The number of hydrogen-bond acceptors (Lipinski definition) is 2. The van der Waals surface area contributed by atoms with E-state index in [0.717, 1.165) is 0 Å². The second kappa shape index (κ2) is 3.89. The predicted octanol–water partition coefficient (Wildman–Crippen LogP) is 2.96. The average Bonchev–Trinajstić information content (AvgIpc) is 2.01. The molecule has 1 saturated heterocycles. The van der Waals surface area contributed by atoms with Crippen molar-refractivity contribution in [3.05, 3.63) is 29.1 Å². The Bertz CT molecular complexity index is 310. The number of aromatic nitrogens is 1. The fraction of sp³-hybridized carbons (Fsp3) is 0.500. The quantitative estimate of drug-likeness (QED) is 0.701. The highest BCUT2D eigenvalue weighted by Crippen LogP contribution is 2.35. The van der Waals surface area contributed by atoms with Crippen LogP contribution >= 0.6 is 23.4 Å². The van der Waals surface area contributed by atoms with E-state index in [1.807, 2.05) is 24.0 Å². The van der Waals surface area contributed by atoms with Gasteiger partial charge in [0.15, 0.2) is 0 Å². The van der Waals surface area contributed by atoms with Crippen LogP contribution in [0.3, 0.4) is 0 Å². The first kappa shape index (κ1) is 9.35. The van der Waals surface area contributed by atoms with Crippen LogP contribution in [0.4, 0.5) is 0 Å². The first-order valence-electron chi connectivity index (χ1n) is 4.41. The Morgan fingerprint density at radius 1 is 1.62 bits per heavy atom. The van der Waals surface area contributed by atoms with Gasteiger partial charge in [-0.15, -0.1) is 11.6 Å². The number of halogens is 1. The lowest BCUT2D eigenvalue weighted by molar-refractivity contribution is 0.793. The van der Waals surface area contributed by atoms with E-state index in [9.17, 15) is 0 Å². The topological polar surface area (TPSA) is 12.9 Å². The van der Waals surface area contributed by atoms with Gasteiger partial charge in [0.05, 0.1) is 0 Å². The Morgan fingerprint density at radius 3 is 2.92 bits per heavy atom. The average molecular weight is 214 g/mol. The zero-order chi connectivity index (χ0) is 9.26. The third kappa shape index (κ3) is 1.70. The fourth-order valence-electron chi connectivity index (χ4n) is 1.53. The zero-order valence-corrected chi connectivity index (χ0v) is 9.16. The van der Waals surface area contributed by atoms with Gasteiger partial charge in [-0.2, -0.15) is 11.8 Å². The smallest absolute Gasteiger partial charge is 0.0497 e. The van der Waals surface area contributed by atoms with Crippen LogP contribution in [0, 0.1) is 6.92 Å². The van der Waals surface area contributed by atoms with Gasteiger partial charge in [0.1, 0.15) is 0 Å². The molecule has 0 saturated carbocycles. The number of nitrogens with zero attached hydrogens (tertiary/aromatic N) is 1. The van der Waals surface area contributed by atoms with Crippen LogP contribution in [0.2, 0.25) is 0 Å². The molecule has 0 radical (unpaired) electrons. The molecule has 1 aliphatic heterocycles. The molecule has 0 unspecified atom stereocenters. The third-order valence-electron chi connectivity index (χ3n) is 2.48. The molecule has 2 heterocycles. The molecule has 1 aliphatic rings. The summed E-state index contributed by atoms with van der Waals surface area (Å²) in [7, 11) is 0. The van der Waals surface area contributed by atoms with E-state index in [4.69, 9.17) is 11.6 Å². The molecule has 1 aromatic rings. The first-order chi connectivity index (χ1) is 6.33. The Labute approximate surface area is 87.9 Å². The molecule has 0 aromatic carbocycles. The van der Waals surface area contributed by atoms with E-state index in [0.29, 0.717) is 11.8 Å². The van der Waals surface area contributed by atoms with Crippen LogP contribution in [0.15, 0.2) is 12.3 Å². The van der Waals surface area contributed by atoms with E-state index in [1.54, 1.807) is 0 Å². The van der Waals surface area contributed by atoms with Gasteiger partial charge in [0.2, 0.25) is 0 Å². The Balaban J connectivity index is 2.37. The van der Waals surface area contributed by atoms with Gasteiger partial charge >= 0.3 is 0 Å². The van der Waals surface area contributed by atoms with Gasteiger partial charge in [-0.05, 0) is 24.1 Å². The monoisotopic (exact) mass is 213 g/mol. The fourth-order valence-corrected chi connectivity index (χ4v) is 2.66. The minimum Gasteiger partial charge on any atom is -0.261 e. The van der Waals surface area contributed by atoms with Crippen LogP contribution < -0.4 is 0 Å². The molecule has 0 amide bonds. The normalized spacial score (nSPS) is 17.1. The lowest BCUT2D eigenvalue weighted by atomic mass is 10.0. The molecule has 1 fully saturated rings. The summed E-state index contributed by atoms with van der Waals surface area (Å²) in [6, 6.07) is 2.03. The van der Waals surface area contributed by atoms with Crippen molar-refractivity contribution in [1.82, 2.24) is 4.98 Å². The number of thioether (sulfide) groups is 1. The largest absolute Gasteiger partial charge is 0.261 e. The van der Waals surface area contributed by atoms with Crippen molar-refractivity contribution in [3.8, 4) is 0 Å². The molecule has 1 aromatic heterocycles. The van der Waals surface area contributed by atoms with Gasteiger partial charge in [0.25, 0.3) is 0 Å². The minimum atomic E-state index is 0.593. The lowest BCUT2D eigenvalue weighted by Crippen LogP contribution is -2.19. The van der Waals surface area contributed by atoms with Gasteiger partial charge in [-0.25, -0.2) is 0 Å². The Kier molecular flexibility index (Phi) is 2.80. The Morgan fingerprint density at radius 2 is 2.38 bits per heavy atom. The molecule has 3 heteroatoms. The van der Waals surface area contributed by atoms with Gasteiger partial charge in [0, 0.05) is 35.2 Å². The zero-order valence-electron chi connectivity index (χ0n) is 7.59. The number of rotatable bonds is 2. The van der Waals surface area contributed by atoms with Crippen molar-refractivity contribution >= 4 is 23.4 Å². The van der Waals surface area contributed by atoms with Crippen molar-refractivity contribution in [3.63, 3.8) is 0 Å². The van der Waals surface area contributed by atoms with Crippen LogP contribution in [0.5, 0.6) is 0 Å². The molecule has 1 nitrogen and oxygen atoms in total. The molecule has 0 bridgehead atoms. The highest BCUT2D eigenvalue weighted by molar-refractivity contribution is 8.00. The predicted molar refractivity (Wildman–Crippen MR) is 58.6 cm³/mol. The summed E-state index contributed by atoms with van der Waals surface area (Å²) in [5.74, 6) is 3.66. The van der Waals surface area contributed by atoms with E-state index in [1.165, 1.54) is 28.3 Å². The van der Waals surface area contributed by atoms with E-state index in [-0.39, 0.29) is 0 Å². The van der Waals surface area contributed by atoms with Crippen LogP contribution in [0.25, 0.3) is 0 Å². The maximum atomic E-state index is 5.92. The summed E-state index contributed by atoms with van der Waals surface area (Å²) in [6.07, 6.45) is 1.89. The number of aryl methyl sites for hydroxylation is 1. The number of alkyl halides is 1. The molecule has 0 atom stereocenters. The molecule has 70 valence electrons. The van der Waals surface area contributed by atoms with E-state index in [2.05, 4.69) is 11.9 Å². The molecular weight excluding hydrogens is 202 g/mol. The second-order valence-corrected chi connectivity index (χ2v) is 4.70. The maximum Gasteiger partial charge on any atom is 0.0497 e. The van der Waals surface area contributed by atoms with Crippen molar-refractivity contribution in [1.29, 1.82) is 0 Å². The van der Waals surface area contributed by atoms with Crippen molar-refractivity contribution in [2.24, 2.45) is 0 Å². The third-order valence-corrected chi connectivity index (χ3v) is 4.03. The molecule has 0 aliphatic carbocycles. The first-order valence-corrected chi connectivity index (χ1v) is 6.10. The van der Waals surface area contributed by atoms with Crippen molar-refractivity contribution < 1.29 is 0 Å². The van der Waals surface area contributed by atoms with Crippen LogP contribution in [-0.2, 0) is 5.88 Å². The second-order valence-electron chi connectivity index (χ2n) is 3.36. The highest BCUT2D eigenvalue weighted by atomic mass is 35.5. The summed E-state index contributed by atoms with van der Waals surface area (Å²) in [5, 5.41) is 0. The van der Waals surface area contributed by atoms with Gasteiger partial charge < -0.3 is 0 Å². The molecule has 2 rings (SSSR count). The SMILES string of the molecule is Cc1ccnc(C2CSC2)c1CCl. The molecular formula is C10H12ClNS. The standard InChI is InChI=1S/C10H12ClNS/c1-7-2-3-12-10(9(7)4-11)8-5-13-6-8/h2-3,8H,4-6H2,1H3. The number of hydrogen-bond donors (Lipinski definition) is 0. The summed E-state index contributed by atoms with van der Waals surface area (Å²) >= 11 is 7.90. The minimum absolute atomic E-state index is 0.593. The Hall–Kier alpha value is -0.210. The number of pyridine rings is 1. The molecule has 0 spiro atoms. The summed E-state index contributed by atoms with van der Waals surface area (Å²) < 4.78 is 0. The maximum absolute atomic E-state index is 5.92. The van der Waals surface area contributed by atoms with E-state index < -0.39 is 0 Å². The molecule has 0 N–H and O–H groups in total. The summed E-state index contributed by atoms with van der Waals surface area (Å²) in [4.78, 5) is 4.43. The lowest BCUT2D eigenvalue weighted by Gasteiger charge is -2.26. The van der Waals surface area contributed by atoms with Crippen molar-refractivity contribution in [2.45, 2.75) is 18.7 Å². The molecule has 13 heavy (non-hydrogen) atoms. The summed E-state index contributed by atoms with van der Waals surface area (Å²) in [5.41, 5.74) is 3.75. The van der Waals surface area contributed by atoms with Crippen LogP contribution in [-0.4, -0.2) is 16.5 Å². The van der Waals surface area contributed by atoms with Crippen molar-refractivity contribution in [2.75, 3.05) is 11.5 Å². The van der Waals surface area contributed by atoms with E-state index >= 15 is 0 Å². The summed E-state index contributed by atoms with van der Waals surface area (Å²) in [6.45, 7) is 2.11.